The van der Waals surface area contributed by atoms with Gasteiger partial charge in [0.25, 0.3) is 0 Å². The molecule has 0 atom stereocenters. The van der Waals surface area contributed by atoms with Gasteiger partial charge in [0.15, 0.2) is 0 Å². The summed E-state index contributed by atoms with van der Waals surface area (Å²) < 4.78 is 2.90. The first-order chi connectivity index (χ1) is 6.66. The molecule has 0 amide bonds. The zero-order valence-electron chi connectivity index (χ0n) is 7.49. The second kappa shape index (κ2) is 4.00. The van der Waals surface area contributed by atoms with Gasteiger partial charge in [-0.05, 0) is 35.0 Å². The van der Waals surface area contributed by atoms with Crippen LogP contribution in [0.4, 0.5) is 0 Å². The van der Waals surface area contributed by atoms with E-state index in [4.69, 9.17) is 0 Å². The van der Waals surface area contributed by atoms with Crippen molar-refractivity contribution in [3.63, 3.8) is 0 Å². The van der Waals surface area contributed by atoms with Crippen molar-refractivity contribution in [1.82, 2.24) is 4.57 Å². The van der Waals surface area contributed by atoms with Crippen LogP contribution in [0.5, 0.6) is 0 Å². The highest BCUT2D eigenvalue weighted by Gasteiger charge is 2.04. The Bertz CT molecular complexity index is 497. The third-order valence-corrected chi connectivity index (χ3v) is 4.41. The van der Waals surface area contributed by atoms with E-state index in [0.717, 1.165) is 9.48 Å². The molecular weight excluding hydrogens is 282 g/mol. The molecule has 2 nitrogen and oxygen atoms in total. The lowest BCUT2D eigenvalue weighted by molar-refractivity contribution is 0.765. The number of hydrogen-bond donors (Lipinski definition) is 0. The first-order valence-corrected chi connectivity index (χ1v) is 6.55. The molecule has 0 saturated carbocycles. The molecule has 0 fully saturated rings. The molecular formula is C9H8BrNOS2. The van der Waals surface area contributed by atoms with E-state index in [0.29, 0.717) is 6.54 Å². The first kappa shape index (κ1) is 10.1. The quantitative estimate of drug-likeness (QED) is 0.833. The molecule has 74 valence electrons. The van der Waals surface area contributed by atoms with E-state index in [1.807, 2.05) is 24.4 Å². The van der Waals surface area contributed by atoms with Crippen LogP contribution in [0.15, 0.2) is 26.1 Å². The zero-order valence-corrected chi connectivity index (χ0v) is 10.7. The third kappa shape index (κ3) is 1.99. The van der Waals surface area contributed by atoms with Gasteiger partial charge >= 0.3 is 4.87 Å². The number of aryl methyl sites for hydroxylation is 1. The fourth-order valence-corrected chi connectivity index (χ4v) is 3.40. The van der Waals surface area contributed by atoms with Gasteiger partial charge in [0.05, 0.1) is 10.3 Å². The van der Waals surface area contributed by atoms with Crippen molar-refractivity contribution in [2.24, 2.45) is 0 Å². The second-order valence-corrected chi connectivity index (χ2v) is 6.30. The second-order valence-electron chi connectivity index (χ2n) is 2.93. The highest BCUT2D eigenvalue weighted by molar-refractivity contribution is 9.11. The molecule has 2 rings (SSSR count). The van der Waals surface area contributed by atoms with E-state index in [2.05, 4.69) is 15.9 Å². The molecule has 0 aliphatic heterocycles. The van der Waals surface area contributed by atoms with Crippen molar-refractivity contribution < 1.29 is 0 Å². The minimum absolute atomic E-state index is 0.118. The van der Waals surface area contributed by atoms with E-state index in [-0.39, 0.29) is 4.87 Å². The summed E-state index contributed by atoms with van der Waals surface area (Å²) in [5.74, 6) is 0. The van der Waals surface area contributed by atoms with Crippen LogP contribution in [0, 0.1) is 6.92 Å². The molecule has 2 heterocycles. The van der Waals surface area contributed by atoms with Gasteiger partial charge in [-0.15, -0.1) is 11.3 Å². The monoisotopic (exact) mass is 289 g/mol. The highest BCUT2D eigenvalue weighted by atomic mass is 79.9. The SMILES string of the molecule is Cc1csc(=O)n1Cc1ccc(Br)s1. The molecule has 0 N–H and O–H groups in total. The van der Waals surface area contributed by atoms with Crippen LogP contribution < -0.4 is 4.87 Å². The van der Waals surface area contributed by atoms with E-state index in [1.54, 1.807) is 15.9 Å². The lowest BCUT2D eigenvalue weighted by Gasteiger charge is -2.00. The number of halogens is 1. The topological polar surface area (TPSA) is 22.0 Å². The molecule has 2 aromatic heterocycles. The number of nitrogens with zero attached hydrogens (tertiary/aromatic N) is 1. The average Bonchev–Trinajstić information content (AvgIpc) is 2.67. The standard InChI is InChI=1S/C9H8BrNOS2/c1-6-5-13-9(12)11(6)4-7-2-3-8(10)14-7/h2-3,5H,4H2,1H3. The van der Waals surface area contributed by atoms with Crippen LogP contribution >= 0.6 is 38.6 Å². The van der Waals surface area contributed by atoms with Gasteiger partial charge in [-0.1, -0.05) is 11.3 Å². The molecule has 0 aliphatic carbocycles. The molecule has 14 heavy (non-hydrogen) atoms. The summed E-state index contributed by atoms with van der Waals surface area (Å²) in [6, 6.07) is 4.05. The summed E-state index contributed by atoms with van der Waals surface area (Å²) in [4.78, 5) is 12.7. The number of rotatable bonds is 2. The molecule has 0 radical (unpaired) electrons. The predicted octanol–water partition coefficient (Wildman–Crippen LogP) is 3.09. The van der Waals surface area contributed by atoms with E-state index in [9.17, 15) is 4.79 Å². The third-order valence-electron chi connectivity index (χ3n) is 1.92. The Morgan fingerprint density at radius 2 is 2.29 bits per heavy atom. The van der Waals surface area contributed by atoms with Crippen molar-refractivity contribution in [2.45, 2.75) is 13.5 Å². The van der Waals surface area contributed by atoms with Gasteiger partial charge < -0.3 is 0 Å². The van der Waals surface area contributed by atoms with Crippen molar-refractivity contribution in [2.75, 3.05) is 0 Å². The molecule has 0 spiro atoms. The van der Waals surface area contributed by atoms with E-state index < -0.39 is 0 Å². The van der Waals surface area contributed by atoms with Crippen LogP contribution in [-0.2, 0) is 6.54 Å². The van der Waals surface area contributed by atoms with E-state index >= 15 is 0 Å². The molecule has 2 aromatic rings. The summed E-state index contributed by atoms with van der Waals surface area (Å²) in [5, 5.41) is 1.89. The maximum Gasteiger partial charge on any atom is 0.307 e. The highest BCUT2D eigenvalue weighted by Crippen LogP contribution is 2.22. The van der Waals surface area contributed by atoms with Gasteiger partial charge in [0.1, 0.15) is 0 Å². The van der Waals surface area contributed by atoms with Crippen LogP contribution in [0.3, 0.4) is 0 Å². The van der Waals surface area contributed by atoms with Crippen LogP contribution in [-0.4, -0.2) is 4.57 Å². The summed E-state index contributed by atoms with van der Waals surface area (Å²) in [6.07, 6.45) is 0. The van der Waals surface area contributed by atoms with Gasteiger partial charge in [-0.3, -0.25) is 9.36 Å². The molecule has 0 aliphatic rings. The van der Waals surface area contributed by atoms with Crippen molar-refractivity contribution in [3.8, 4) is 0 Å². The van der Waals surface area contributed by atoms with Gasteiger partial charge in [-0.2, -0.15) is 0 Å². The maximum absolute atomic E-state index is 11.4. The fourth-order valence-electron chi connectivity index (χ4n) is 1.19. The Hall–Kier alpha value is -0.390. The Balaban J connectivity index is 2.31. The fraction of sp³-hybridized carbons (Fsp3) is 0.222. The smallest absolute Gasteiger partial charge is 0.298 e. The Labute approximate surface area is 98.0 Å². The molecule has 5 heteroatoms. The van der Waals surface area contributed by atoms with Crippen LogP contribution in [0.25, 0.3) is 0 Å². The minimum atomic E-state index is 0.118. The Morgan fingerprint density at radius 1 is 1.50 bits per heavy atom. The summed E-state index contributed by atoms with van der Waals surface area (Å²) in [6.45, 7) is 2.64. The first-order valence-electron chi connectivity index (χ1n) is 4.06. The molecule has 0 bridgehead atoms. The number of thiazole rings is 1. The summed E-state index contributed by atoms with van der Waals surface area (Å²) in [7, 11) is 0. The summed E-state index contributed by atoms with van der Waals surface area (Å²) in [5.41, 5.74) is 1.03. The van der Waals surface area contributed by atoms with Gasteiger partial charge in [0.2, 0.25) is 0 Å². The molecule has 0 aromatic carbocycles. The lowest BCUT2D eigenvalue weighted by atomic mass is 10.4. The van der Waals surface area contributed by atoms with Crippen LogP contribution in [0.2, 0.25) is 0 Å². The Kier molecular flexibility index (Phi) is 2.90. The average molecular weight is 290 g/mol. The molecule has 0 unspecified atom stereocenters. The maximum atomic E-state index is 11.4. The lowest BCUT2D eigenvalue weighted by Crippen LogP contribution is -2.14. The number of thiophene rings is 1. The van der Waals surface area contributed by atoms with Crippen molar-refractivity contribution in [3.05, 3.63) is 41.5 Å². The number of hydrogen-bond acceptors (Lipinski definition) is 3. The normalized spacial score (nSPS) is 10.7. The Morgan fingerprint density at radius 3 is 2.79 bits per heavy atom. The van der Waals surface area contributed by atoms with Crippen molar-refractivity contribution >= 4 is 38.6 Å². The van der Waals surface area contributed by atoms with E-state index in [1.165, 1.54) is 16.2 Å². The summed E-state index contributed by atoms with van der Waals surface area (Å²) >= 11 is 6.33. The zero-order chi connectivity index (χ0) is 10.1. The number of aromatic nitrogens is 1. The predicted molar refractivity (Wildman–Crippen MR) is 64.4 cm³/mol. The minimum Gasteiger partial charge on any atom is -0.298 e. The van der Waals surface area contributed by atoms with Gasteiger partial charge in [-0.25, -0.2) is 0 Å². The molecule has 0 saturated heterocycles. The van der Waals surface area contributed by atoms with Crippen molar-refractivity contribution in [1.29, 1.82) is 0 Å². The van der Waals surface area contributed by atoms with Gasteiger partial charge in [0, 0.05) is 16.0 Å². The van der Waals surface area contributed by atoms with Crippen LogP contribution in [0.1, 0.15) is 10.6 Å². The largest absolute Gasteiger partial charge is 0.307 e.